The standard InChI is InChI=1S/C14H15ClFNO2/c1-17(9-5-7-10(18)8-6-9)14(19)13-11(15)3-2-4-12(13)16/h2-4,9H,5-8H2,1H3. The van der Waals surface area contributed by atoms with Crippen LogP contribution in [0.4, 0.5) is 4.39 Å². The third-order valence-corrected chi connectivity index (χ3v) is 3.87. The highest BCUT2D eigenvalue weighted by atomic mass is 35.5. The number of nitrogens with zero attached hydrogens (tertiary/aromatic N) is 1. The molecule has 19 heavy (non-hydrogen) atoms. The lowest BCUT2D eigenvalue weighted by molar-refractivity contribution is -0.121. The molecule has 0 saturated heterocycles. The third kappa shape index (κ3) is 2.95. The fraction of sp³-hybridized carbons (Fsp3) is 0.429. The molecule has 1 aromatic carbocycles. The van der Waals surface area contributed by atoms with Gasteiger partial charge in [-0.3, -0.25) is 9.59 Å². The molecule has 0 spiro atoms. The van der Waals surface area contributed by atoms with E-state index in [4.69, 9.17) is 11.6 Å². The Labute approximate surface area is 116 Å². The topological polar surface area (TPSA) is 37.4 Å². The van der Waals surface area contributed by atoms with Crippen LogP contribution in [-0.4, -0.2) is 29.7 Å². The first-order chi connectivity index (χ1) is 9.00. The van der Waals surface area contributed by atoms with Crippen LogP contribution in [0.15, 0.2) is 18.2 Å². The van der Waals surface area contributed by atoms with Crippen LogP contribution >= 0.6 is 11.6 Å². The second-order valence-corrected chi connectivity index (χ2v) is 5.19. The van der Waals surface area contributed by atoms with Gasteiger partial charge in [0.2, 0.25) is 0 Å². The number of halogens is 2. The van der Waals surface area contributed by atoms with Gasteiger partial charge in [-0.15, -0.1) is 0 Å². The molecule has 0 unspecified atom stereocenters. The second-order valence-electron chi connectivity index (χ2n) is 4.78. The van der Waals surface area contributed by atoms with Crippen LogP contribution in [0, 0.1) is 5.82 Å². The molecule has 0 aromatic heterocycles. The molecule has 1 aliphatic rings. The van der Waals surface area contributed by atoms with Crippen molar-refractivity contribution in [1.82, 2.24) is 4.90 Å². The highest BCUT2D eigenvalue weighted by Crippen LogP contribution is 2.25. The minimum atomic E-state index is -0.615. The molecule has 1 saturated carbocycles. The summed E-state index contributed by atoms with van der Waals surface area (Å²) < 4.78 is 13.7. The summed E-state index contributed by atoms with van der Waals surface area (Å²) in [4.78, 5) is 25.0. The zero-order valence-electron chi connectivity index (χ0n) is 10.7. The molecule has 0 aliphatic heterocycles. The van der Waals surface area contributed by atoms with E-state index in [1.54, 1.807) is 7.05 Å². The van der Waals surface area contributed by atoms with E-state index in [2.05, 4.69) is 0 Å². The summed E-state index contributed by atoms with van der Waals surface area (Å²) in [6.45, 7) is 0. The summed E-state index contributed by atoms with van der Waals surface area (Å²) in [6.07, 6.45) is 2.22. The number of ketones is 1. The Balaban J connectivity index is 2.17. The summed E-state index contributed by atoms with van der Waals surface area (Å²) in [5.74, 6) is -0.820. The van der Waals surface area contributed by atoms with Gasteiger partial charge in [-0.05, 0) is 25.0 Å². The Morgan fingerprint density at radius 2 is 2.00 bits per heavy atom. The summed E-state index contributed by atoms with van der Waals surface area (Å²) >= 11 is 5.89. The van der Waals surface area contributed by atoms with Crippen LogP contribution in [0.5, 0.6) is 0 Å². The number of carbonyl (C=O) groups is 2. The number of rotatable bonds is 2. The molecule has 1 fully saturated rings. The minimum absolute atomic E-state index is 0.0270. The number of benzene rings is 1. The van der Waals surface area contributed by atoms with E-state index < -0.39 is 11.7 Å². The zero-order chi connectivity index (χ0) is 14.0. The van der Waals surface area contributed by atoms with E-state index in [9.17, 15) is 14.0 Å². The number of amides is 1. The first-order valence-corrected chi connectivity index (χ1v) is 6.61. The third-order valence-electron chi connectivity index (χ3n) is 3.56. The van der Waals surface area contributed by atoms with Crippen LogP contribution in [0.2, 0.25) is 5.02 Å². The molecule has 0 atom stereocenters. The molecular formula is C14H15ClFNO2. The molecule has 3 nitrogen and oxygen atoms in total. The monoisotopic (exact) mass is 283 g/mol. The van der Waals surface area contributed by atoms with Gasteiger partial charge in [0.15, 0.2) is 0 Å². The lowest BCUT2D eigenvalue weighted by Gasteiger charge is -2.31. The van der Waals surface area contributed by atoms with Gasteiger partial charge in [-0.1, -0.05) is 17.7 Å². The molecule has 1 amide bonds. The fourth-order valence-electron chi connectivity index (χ4n) is 2.36. The Kier molecular flexibility index (Phi) is 4.20. The Morgan fingerprint density at radius 3 is 2.58 bits per heavy atom. The number of hydrogen-bond donors (Lipinski definition) is 0. The molecule has 0 N–H and O–H groups in total. The highest BCUT2D eigenvalue weighted by molar-refractivity contribution is 6.33. The maximum absolute atomic E-state index is 13.7. The molecule has 0 bridgehead atoms. The Morgan fingerprint density at radius 1 is 1.37 bits per heavy atom. The summed E-state index contributed by atoms with van der Waals surface area (Å²) in [7, 11) is 1.63. The van der Waals surface area contributed by atoms with Crippen molar-refractivity contribution in [2.45, 2.75) is 31.7 Å². The summed E-state index contributed by atoms with van der Waals surface area (Å²) in [5, 5.41) is 0.115. The molecule has 0 heterocycles. The SMILES string of the molecule is CN(C(=O)c1c(F)cccc1Cl)C1CCC(=O)CC1. The maximum Gasteiger partial charge on any atom is 0.258 e. The van der Waals surface area contributed by atoms with Crippen molar-refractivity contribution in [3.63, 3.8) is 0 Å². The number of Topliss-reactive ketones (excluding diaryl/α,β-unsaturated/α-hetero) is 1. The van der Waals surface area contributed by atoms with Gasteiger partial charge in [0.05, 0.1) is 10.6 Å². The largest absolute Gasteiger partial charge is 0.339 e. The van der Waals surface area contributed by atoms with Gasteiger partial charge < -0.3 is 4.90 Å². The quantitative estimate of drug-likeness (QED) is 0.836. The minimum Gasteiger partial charge on any atom is -0.339 e. The maximum atomic E-state index is 13.7. The molecule has 102 valence electrons. The highest BCUT2D eigenvalue weighted by Gasteiger charge is 2.28. The van der Waals surface area contributed by atoms with Crippen LogP contribution in [0.1, 0.15) is 36.0 Å². The molecule has 2 rings (SSSR count). The second kappa shape index (κ2) is 5.70. The van der Waals surface area contributed by atoms with Gasteiger partial charge in [0, 0.05) is 25.9 Å². The van der Waals surface area contributed by atoms with Crippen molar-refractivity contribution < 1.29 is 14.0 Å². The fourth-order valence-corrected chi connectivity index (χ4v) is 2.60. The van der Waals surface area contributed by atoms with Crippen molar-refractivity contribution in [2.75, 3.05) is 7.05 Å². The van der Waals surface area contributed by atoms with Gasteiger partial charge in [-0.2, -0.15) is 0 Å². The van der Waals surface area contributed by atoms with Gasteiger partial charge in [0.25, 0.3) is 5.91 Å². The molecule has 1 aromatic rings. The predicted octanol–water partition coefficient (Wildman–Crippen LogP) is 3.06. The van der Waals surface area contributed by atoms with Crippen molar-refractivity contribution in [3.05, 3.63) is 34.6 Å². The number of carbonyl (C=O) groups excluding carboxylic acids is 2. The molecule has 0 radical (unpaired) electrons. The smallest absolute Gasteiger partial charge is 0.258 e. The van der Waals surface area contributed by atoms with Gasteiger partial charge in [-0.25, -0.2) is 4.39 Å². The van der Waals surface area contributed by atoms with Gasteiger partial charge >= 0.3 is 0 Å². The molecular weight excluding hydrogens is 269 g/mol. The predicted molar refractivity (Wildman–Crippen MR) is 70.8 cm³/mol. The van der Waals surface area contributed by atoms with Crippen LogP contribution in [0.3, 0.4) is 0 Å². The lowest BCUT2D eigenvalue weighted by atomic mass is 9.93. The first-order valence-electron chi connectivity index (χ1n) is 6.23. The summed E-state index contributed by atoms with van der Waals surface area (Å²) in [5.41, 5.74) is -0.0939. The average molecular weight is 284 g/mol. The van der Waals surface area contributed by atoms with Crippen LogP contribution < -0.4 is 0 Å². The zero-order valence-corrected chi connectivity index (χ0v) is 11.4. The van der Waals surface area contributed by atoms with Gasteiger partial charge in [0.1, 0.15) is 11.6 Å². The van der Waals surface area contributed by atoms with E-state index >= 15 is 0 Å². The number of hydrogen-bond acceptors (Lipinski definition) is 2. The van der Waals surface area contributed by atoms with Crippen molar-refractivity contribution in [2.24, 2.45) is 0 Å². The Bertz CT molecular complexity index is 488. The van der Waals surface area contributed by atoms with E-state index in [1.165, 1.54) is 23.1 Å². The van der Waals surface area contributed by atoms with E-state index in [1.807, 2.05) is 0 Å². The van der Waals surface area contributed by atoms with Crippen molar-refractivity contribution in [1.29, 1.82) is 0 Å². The Hall–Kier alpha value is -1.42. The average Bonchev–Trinajstić information content (AvgIpc) is 2.38. The molecule has 5 heteroatoms. The van der Waals surface area contributed by atoms with Crippen molar-refractivity contribution in [3.8, 4) is 0 Å². The van der Waals surface area contributed by atoms with Crippen molar-refractivity contribution >= 4 is 23.3 Å². The van der Waals surface area contributed by atoms with E-state index in [-0.39, 0.29) is 22.4 Å². The normalized spacial score (nSPS) is 16.5. The van der Waals surface area contributed by atoms with Crippen LogP contribution in [0.25, 0.3) is 0 Å². The summed E-state index contributed by atoms with van der Waals surface area (Å²) in [6, 6.07) is 4.15. The molecule has 1 aliphatic carbocycles. The van der Waals surface area contributed by atoms with E-state index in [0.717, 1.165) is 0 Å². The first kappa shape index (κ1) is 14.0. The van der Waals surface area contributed by atoms with Crippen LogP contribution in [-0.2, 0) is 4.79 Å². The lowest BCUT2D eigenvalue weighted by Crippen LogP contribution is -2.40. The van der Waals surface area contributed by atoms with E-state index in [0.29, 0.717) is 25.7 Å².